The largest absolute Gasteiger partial charge is 0.351 e. The van der Waals surface area contributed by atoms with E-state index in [4.69, 9.17) is 5.73 Å². The van der Waals surface area contributed by atoms with Crippen molar-refractivity contribution in [1.82, 2.24) is 25.0 Å². The van der Waals surface area contributed by atoms with Gasteiger partial charge in [0, 0.05) is 13.1 Å². The molecule has 1 saturated heterocycles. The van der Waals surface area contributed by atoms with Gasteiger partial charge in [0.25, 0.3) is 0 Å². The second-order valence-corrected chi connectivity index (χ2v) is 4.68. The second-order valence-electron chi connectivity index (χ2n) is 4.68. The number of anilines is 1. The summed E-state index contributed by atoms with van der Waals surface area (Å²) in [6, 6.07) is 0. The Hall–Kier alpha value is -1.76. The van der Waals surface area contributed by atoms with Gasteiger partial charge in [-0.2, -0.15) is 4.52 Å². The van der Waals surface area contributed by atoms with E-state index in [9.17, 15) is 0 Å². The Morgan fingerprint density at radius 3 is 3.00 bits per heavy atom. The highest BCUT2D eigenvalue weighted by Crippen LogP contribution is 2.28. The van der Waals surface area contributed by atoms with Gasteiger partial charge in [0.05, 0.1) is 17.9 Å². The molecule has 1 aliphatic rings. The summed E-state index contributed by atoms with van der Waals surface area (Å²) in [4.78, 5) is 6.29. The molecule has 2 aromatic heterocycles. The van der Waals surface area contributed by atoms with Crippen molar-refractivity contribution in [3.63, 3.8) is 0 Å². The quantitative estimate of drug-likeness (QED) is 0.792. The van der Waals surface area contributed by atoms with E-state index in [1.165, 1.54) is 0 Å². The highest BCUT2D eigenvalue weighted by molar-refractivity contribution is 5.49. The summed E-state index contributed by atoms with van der Waals surface area (Å²) >= 11 is 0. The number of hydrogen-bond donors (Lipinski definition) is 1. The summed E-state index contributed by atoms with van der Waals surface area (Å²) in [6.07, 6.45) is 5.57. The van der Waals surface area contributed by atoms with Crippen molar-refractivity contribution >= 4 is 11.5 Å². The molecule has 17 heavy (non-hydrogen) atoms. The average molecular weight is 233 g/mol. The van der Waals surface area contributed by atoms with Crippen LogP contribution in [0.1, 0.15) is 19.8 Å². The molecule has 0 atom stereocenters. The average Bonchev–Trinajstić information content (AvgIpc) is 2.73. The Balaban J connectivity index is 1.85. The first-order valence-corrected chi connectivity index (χ1v) is 5.78. The van der Waals surface area contributed by atoms with Gasteiger partial charge in [-0.3, -0.25) is 4.98 Å². The van der Waals surface area contributed by atoms with Gasteiger partial charge < -0.3 is 10.6 Å². The standard InChI is InChI=1S/C10H15N7/c1-2-3-10(11)6-16(7-10)9-5-12-4-8-13-14-15-17(8)9/h4-5H,2-3,6-7,11H2,1H3. The van der Waals surface area contributed by atoms with Crippen molar-refractivity contribution in [3.8, 4) is 0 Å². The Morgan fingerprint density at radius 1 is 1.41 bits per heavy atom. The monoisotopic (exact) mass is 233 g/mol. The van der Waals surface area contributed by atoms with Gasteiger partial charge in [-0.05, 0) is 16.8 Å². The molecule has 0 amide bonds. The molecule has 2 N–H and O–H groups in total. The third-order valence-corrected chi connectivity index (χ3v) is 3.17. The van der Waals surface area contributed by atoms with E-state index in [0.29, 0.717) is 5.65 Å². The van der Waals surface area contributed by atoms with E-state index in [1.807, 2.05) is 0 Å². The zero-order valence-electron chi connectivity index (χ0n) is 9.74. The Morgan fingerprint density at radius 2 is 2.24 bits per heavy atom. The third kappa shape index (κ3) is 1.62. The summed E-state index contributed by atoms with van der Waals surface area (Å²) in [6.45, 7) is 3.82. The van der Waals surface area contributed by atoms with Crippen LogP contribution in [0.3, 0.4) is 0 Å². The summed E-state index contributed by atoms with van der Waals surface area (Å²) in [5, 5.41) is 11.5. The Kier molecular flexibility index (Phi) is 2.22. The molecule has 0 radical (unpaired) electrons. The van der Waals surface area contributed by atoms with Gasteiger partial charge in [0.1, 0.15) is 0 Å². The number of tetrazole rings is 1. The Bertz CT molecular complexity index is 528. The molecule has 0 spiro atoms. The second kappa shape index (κ2) is 3.63. The molecule has 3 rings (SSSR count). The summed E-state index contributed by atoms with van der Waals surface area (Å²) in [7, 11) is 0. The van der Waals surface area contributed by atoms with Crippen molar-refractivity contribution in [3.05, 3.63) is 12.4 Å². The molecular weight excluding hydrogens is 218 g/mol. The summed E-state index contributed by atoms with van der Waals surface area (Å²) in [5.41, 5.74) is 6.83. The van der Waals surface area contributed by atoms with Gasteiger partial charge in [-0.1, -0.05) is 13.3 Å². The first-order chi connectivity index (χ1) is 8.22. The zero-order chi connectivity index (χ0) is 11.9. The lowest BCUT2D eigenvalue weighted by atomic mass is 9.86. The lowest BCUT2D eigenvalue weighted by Crippen LogP contribution is -2.67. The lowest BCUT2D eigenvalue weighted by molar-refractivity contribution is 0.304. The van der Waals surface area contributed by atoms with Crippen molar-refractivity contribution in [2.24, 2.45) is 5.73 Å². The minimum atomic E-state index is -0.0646. The lowest BCUT2D eigenvalue weighted by Gasteiger charge is -2.48. The van der Waals surface area contributed by atoms with Crippen molar-refractivity contribution in [1.29, 1.82) is 0 Å². The van der Waals surface area contributed by atoms with E-state index >= 15 is 0 Å². The van der Waals surface area contributed by atoms with Crippen LogP contribution in [0.15, 0.2) is 12.4 Å². The molecular formula is C10H15N7. The van der Waals surface area contributed by atoms with Gasteiger partial charge in [-0.25, -0.2) is 0 Å². The number of nitrogens with two attached hydrogens (primary N) is 1. The van der Waals surface area contributed by atoms with E-state index in [2.05, 4.69) is 32.3 Å². The van der Waals surface area contributed by atoms with Crippen LogP contribution in [-0.2, 0) is 0 Å². The van der Waals surface area contributed by atoms with Crippen molar-refractivity contribution in [2.75, 3.05) is 18.0 Å². The van der Waals surface area contributed by atoms with Gasteiger partial charge in [0.15, 0.2) is 11.5 Å². The topological polar surface area (TPSA) is 85.2 Å². The maximum atomic E-state index is 6.24. The fourth-order valence-corrected chi connectivity index (χ4v) is 2.41. The number of aromatic nitrogens is 5. The fraction of sp³-hybridized carbons (Fsp3) is 0.600. The summed E-state index contributed by atoms with van der Waals surface area (Å²) in [5.74, 6) is 0.907. The van der Waals surface area contributed by atoms with E-state index in [0.717, 1.165) is 31.7 Å². The minimum Gasteiger partial charge on any atom is -0.351 e. The van der Waals surface area contributed by atoms with Crippen LogP contribution in [0.4, 0.5) is 5.82 Å². The highest BCUT2D eigenvalue weighted by atomic mass is 15.5. The maximum absolute atomic E-state index is 6.24. The molecule has 0 aliphatic carbocycles. The van der Waals surface area contributed by atoms with Crippen LogP contribution in [0.5, 0.6) is 0 Å². The molecule has 1 fully saturated rings. The number of hydrogen-bond acceptors (Lipinski definition) is 6. The molecule has 0 bridgehead atoms. The van der Waals surface area contributed by atoms with Gasteiger partial charge in [0.2, 0.25) is 0 Å². The van der Waals surface area contributed by atoms with E-state index in [-0.39, 0.29) is 5.54 Å². The van der Waals surface area contributed by atoms with E-state index < -0.39 is 0 Å². The van der Waals surface area contributed by atoms with Gasteiger partial charge >= 0.3 is 0 Å². The van der Waals surface area contributed by atoms with Crippen molar-refractivity contribution < 1.29 is 0 Å². The molecule has 0 aromatic carbocycles. The minimum absolute atomic E-state index is 0.0646. The maximum Gasteiger partial charge on any atom is 0.199 e. The molecule has 0 saturated carbocycles. The number of fused-ring (bicyclic) bond motifs is 1. The molecule has 2 aromatic rings. The highest BCUT2D eigenvalue weighted by Gasteiger charge is 2.39. The molecule has 90 valence electrons. The molecule has 1 aliphatic heterocycles. The normalized spacial score (nSPS) is 18.4. The van der Waals surface area contributed by atoms with Crippen LogP contribution >= 0.6 is 0 Å². The molecule has 3 heterocycles. The van der Waals surface area contributed by atoms with Crippen molar-refractivity contribution in [2.45, 2.75) is 25.3 Å². The number of nitrogens with zero attached hydrogens (tertiary/aromatic N) is 6. The summed E-state index contributed by atoms with van der Waals surface area (Å²) < 4.78 is 1.69. The first-order valence-electron chi connectivity index (χ1n) is 5.78. The fourth-order valence-electron chi connectivity index (χ4n) is 2.41. The molecule has 7 heteroatoms. The van der Waals surface area contributed by atoms with Crippen LogP contribution < -0.4 is 10.6 Å². The zero-order valence-corrected chi connectivity index (χ0v) is 9.74. The van der Waals surface area contributed by atoms with Crippen LogP contribution in [0, 0.1) is 0 Å². The van der Waals surface area contributed by atoms with Crippen LogP contribution in [0.2, 0.25) is 0 Å². The predicted molar refractivity (Wildman–Crippen MR) is 62.6 cm³/mol. The third-order valence-electron chi connectivity index (χ3n) is 3.17. The predicted octanol–water partition coefficient (Wildman–Crippen LogP) is -0.163. The molecule has 0 unspecified atom stereocenters. The molecule has 7 nitrogen and oxygen atoms in total. The van der Waals surface area contributed by atoms with E-state index in [1.54, 1.807) is 16.9 Å². The SMILES string of the molecule is CCCC1(N)CN(c2cncc3nnnn23)C1. The van der Waals surface area contributed by atoms with Crippen LogP contribution in [-0.4, -0.2) is 43.7 Å². The Labute approximate surface area is 98.6 Å². The smallest absolute Gasteiger partial charge is 0.199 e. The number of rotatable bonds is 3. The first kappa shape index (κ1) is 10.4. The van der Waals surface area contributed by atoms with Gasteiger partial charge in [-0.15, -0.1) is 5.10 Å². The van der Waals surface area contributed by atoms with Crippen LogP contribution in [0.25, 0.3) is 5.65 Å².